The number of hydrogen-bond acceptors (Lipinski definition) is 8. The Hall–Kier alpha value is -3.67. The third-order valence-electron chi connectivity index (χ3n) is 6.46. The second kappa shape index (κ2) is 14.1. The molecule has 0 aliphatic carbocycles. The van der Waals surface area contributed by atoms with Crippen LogP contribution in [0.15, 0.2) is 53.9 Å². The average Bonchev–Trinajstić information content (AvgIpc) is 3.41. The van der Waals surface area contributed by atoms with E-state index in [1.165, 1.54) is 23.3 Å². The minimum absolute atomic E-state index is 0.00949. The number of anilines is 2. The molecule has 0 saturated carbocycles. The number of methoxy groups -OCH3 is 2. The summed E-state index contributed by atoms with van der Waals surface area (Å²) in [5.41, 5.74) is 2.08. The van der Waals surface area contributed by atoms with E-state index in [1.54, 1.807) is 36.8 Å². The summed E-state index contributed by atoms with van der Waals surface area (Å²) in [6.07, 6.45) is 0.152. The number of piperazine rings is 1. The molecule has 10 nitrogen and oxygen atoms in total. The van der Waals surface area contributed by atoms with E-state index in [2.05, 4.69) is 15.2 Å². The maximum Gasteiger partial charge on any atom is 0.254 e. The van der Waals surface area contributed by atoms with Gasteiger partial charge in [0.15, 0.2) is 5.13 Å². The topological polar surface area (TPSA) is 104 Å². The first-order valence-electron chi connectivity index (χ1n) is 12.8. The average molecular weight is 586 g/mol. The Morgan fingerprint density at radius 3 is 2.50 bits per heavy atom. The van der Waals surface area contributed by atoms with Crippen molar-refractivity contribution in [1.82, 2.24) is 14.8 Å². The van der Waals surface area contributed by atoms with Gasteiger partial charge in [0.2, 0.25) is 11.8 Å². The lowest BCUT2D eigenvalue weighted by atomic mass is 10.2. The van der Waals surface area contributed by atoms with Crippen LogP contribution in [-0.4, -0.2) is 92.6 Å². The summed E-state index contributed by atoms with van der Waals surface area (Å²) < 4.78 is 10.3. The van der Waals surface area contributed by atoms with Gasteiger partial charge in [0.25, 0.3) is 5.91 Å². The van der Waals surface area contributed by atoms with Gasteiger partial charge in [0, 0.05) is 61.5 Å². The van der Waals surface area contributed by atoms with E-state index >= 15 is 0 Å². The van der Waals surface area contributed by atoms with Crippen LogP contribution >= 0.6 is 22.9 Å². The maximum absolute atomic E-state index is 13.0. The van der Waals surface area contributed by atoms with Crippen molar-refractivity contribution < 1.29 is 23.9 Å². The smallest absolute Gasteiger partial charge is 0.254 e. The van der Waals surface area contributed by atoms with Crippen molar-refractivity contribution >= 4 is 51.5 Å². The fraction of sp³-hybridized carbons (Fsp3) is 0.357. The van der Waals surface area contributed by atoms with Crippen LogP contribution in [0, 0.1) is 0 Å². The number of ether oxygens (including phenoxy) is 2. The molecule has 40 heavy (non-hydrogen) atoms. The number of halogens is 1. The van der Waals surface area contributed by atoms with Gasteiger partial charge in [-0.15, -0.1) is 11.3 Å². The first kappa shape index (κ1) is 29.3. The molecule has 3 amide bonds. The first-order valence-corrected chi connectivity index (χ1v) is 14.1. The van der Waals surface area contributed by atoms with Gasteiger partial charge in [-0.2, -0.15) is 0 Å². The third kappa shape index (κ3) is 7.93. The second-order valence-corrected chi connectivity index (χ2v) is 10.5. The summed E-state index contributed by atoms with van der Waals surface area (Å²) in [5.74, 6) is -0.0570. The fourth-order valence-corrected chi connectivity index (χ4v) is 5.21. The minimum atomic E-state index is -0.387. The van der Waals surface area contributed by atoms with E-state index in [4.69, 9.17) is 21.1 Å². The number of nitrogens with one attached hydrogen (secondary N) is 1. The van der Waals surface area contributed by atoms with Gasteiger partial charge in [0.05, 0.1) is 25.8 Å². The van der Waals surface area contributed by atoms with Crippen molar-refractivity contribution in [3.05, 3.63) is 70.2 Å². The number of aromatic nitrogens is 1. The number of rotatable bonds is 11. The number of amides is 3. The molecule has 4 rings (SSSR count). The normalized spacial score (nSPS) is 13.2. The SMILES string of the molecule is COCCN(CC(=O)Nc1nc(CC(=O)N2CCN(c3cccc(Cl)c3)CC2)cs1)C(=O)c1ccc(OC)cc1. The Morgan fingerprint density at radius 1 is 1.07 bits per heavy atom. The van der Waals surface area contributed by atoms with Crippen LogP contribution in [-0.2, 0) is 20.7 Å². The lowest BCUT2D eigenvalue weighted by molar-refractivity contribution is -0.130. The molecule has 12 heteroatoms. The molecule has 0 spiro atoms. The monoisotopic (exact) mass is 585 g/mol. The number of carbonyl (C=O) groups excluding carboxylic acids is 3. The Labute approximate surface area is 242 Å². The number of nitrogens with zero attached hydrogens (tertiary/aromatic N) is 4. The molecule has 1 aliphatic rings. The molecule has 0 bridgehead atoms. The van der Waals surface area contributed by atoms with Crippen molar-refractivity contribution in [1.29, 1.82) is 0 Å². The molecular formula is C28H32ClN5O5S. The predicted molar refractivity (Wildman–Crippen MR) is 155 cm³/mol. The summed E-state index contributed by atoms with van der Waals surface area (Å²) in [4.78, 5) is 48.6. The quantitative estimate of drug-likeness (QED) is 0.368. The van der Waals surface area contributed by atoms with E-state index in [1.807, 2.05) is 29.2 Å². The van der Waals surface area contributed by atoms with Gasteiger partial charge < -0.3 is 29.5 Å². The van der Waals surface area contributed by atoms with Gasteiger partial charge in [-0.1, -0.05) is 17.7 Å². The molecule has 1 fully saturated rings. The van der Waals surface area contributed by atoms with Crippen molar-refractivity contribution in [3.8, 4) is 5.75 Å². The molecular weight excluding hydrogens is 554 g/mol. The highest BCUT2D eigenvalue weighted by Crippen LogP contribution is 2.22. The molecule has 1 aromatic heterocycles. The molecule has 1 N–H and O–H groups in total. The maximum atomic E-state index is 13.0. The fourth-order valence-electron chi connectivity index (χ4n) is 4.30. The number of carbonyl (C=O) groups is 3. The van der Waals surface area contributed by atoms with Crippen LogP contribution < -0.4 is 15.0 Å². The summed E-state index contributed by atoms with van der Waals surface area (Å²) in [7, 11) is 3.09. The van der Waals surface area contributed by atoms with Crippen LogP contribution in [0.1, 0.15) is 16.1 Å². The Bertz CT molecular complexity index is 1310. The molecule has 0 atom stereocenters. The molecule has 1 saturated heterocycles. The van der Waals surface area contributed by atoms with Gasteiger partial charge in [-0.25, -0.2) is 4.98 Å². The third-order valence-corrected chi connectivity index (χ3v) is 7.50. The molecule has 212 valence electrons. The highest BCUT2D eigenvalue weighted by atomic mass is 35.5. The molecule has 2 heterocycles. The van der Waals surface area contributed by atoms with E-state index in [9.17, 15) is 14.4 Å². The molecule has 1 aliphatic heterocycles. The number of benzene rings is 2. The number of hydrogen-bond donors (Lipinski definition) is 1. The Balaban J connectivity index is 1.28. The largest absolute Gasteiger partial charge is 0.497 e. The zero-order valence-corrected chi connectivity index (χ0v) is 24.0. The summed E-state index contributed by atoms with van der Waals surface area (Å²) >= 11 is 7.35. The van der Waals surface area contributed by atoms with E-state index < -0.39 is 0 Å². The van der Waals surface area contributed by atoms with E-state index in [0.29, 0.717) is 40.3 Å². The van der Waals surface area contributed by atoms with Crippen molar-refractivity contribution in [2.75, 3.05) is 70.3 Å². The molecule has 0 radical (unpaired) electrons. The van der Waals surface area contributed by atoms with Gasteiger partial charge in [-0.05, 0) is 42.5 Å². The van der Waals surface area contributed by atoms with Crippen LogP contribution in [0.2, 0.25) is 5.02 Å². The summed E-state index contributed by atoms with van der Waals surface area (Å²) in [6.45, 7) is 3.03. The first-order chi connectivity index (χ1) is 19.4. The van der Waals surface area contributed by atoms with E-state index in [0.717, 1.165) is 18.8 Å². The molecule has 3 aromatic rings. The summed E-state index contributed by atoms with van der Waals surface area (Å²) in [6, 6.07) is 14.4. The van der Waals surface area contributed by atoms with E-state index in [-0.39, 0.29) is 43.8 Å². The van der Waals surface area contributed by atoms with Crippen molar-refractivity contribution in [2.45, 2.75) is 6.42 Å². The highest BCUT2D eigenvalue weighted by molar-refractivity contribution is 7.13. The molecule has 0 unspecified atom stereocenters. The predicted octanol–water partition coefficient (Wildman–Crippen LogP) is 3.42. The van der Waals surface area contributed by atoms with Crippen molar-refractivity contribution in [3.63, 3.8) is 0 Å². The zero-order valence-electron chi connectivity index (χ0n) is 22.5. The zero-order chi connectivity index (χ0) is 28.5. The van der Waals surface area contributed by atoms with Crippen molar-refractivity contribution in [2.24, 2.45) is 0 Å². The Kier molecular flexibility index (Phi) is 10.3. The van der Waals surface area contributed by atoms with Gasteiger partial charge in [-0.3, -0.25) is 14.4 Å². The lowest BCUT2D eigenvalue weighted by Gasteiger charge is -2.36. The molecule has 2 aromatic carbocycles. The van der Waals surface area contributed by atoms with Crippen LogP contribution in [0.25, 0.3) is 0 Å². The number of thiazole rings is 1. The van der Waals surface area contributed by atoms with Crippen LogP contribution in [0.5, 0.6) is 5.75 Å². The van der Waals surface area contributed by atoms with Crippen LogP contribution in [0.3, 0.4) is 0 Å². The Morgan fingerprint density at radius 2 is 1.82 bits per heavy atom. The summed E-state index contributed by atoms with van der Waals surface area (Å²) in [5, 5.41) is 5.58. The van der Waals surface area contributed by atoms with Gasteiger partial charge in [0.1, 0.15) is 12.3 Å². The second-order valence-electron chi connectivity index (χ2n) is 9.16. The standard InChI is InChI=1S/C28H32ClN5O5S/c1-38-15-14-34(27(37)20-6-8-24(39-2)9-7-20)18-25(35)31-28-30-22(19-40-28)17-26(36)33-12-10-32(11-13-33)23-5-3-4-21(29)16-23/h3-9,16,19H,10-15,17-18H2,1-2H3,(H,30,31,35). The highest BCUT2D eigenvalue weighted by Gasteiger charge is 2.23. The van der Waals surface area contributed by atoms with Gasteiger partial charge >= 0.3 is 0 Å². The minimum Gasteiger partial charge on any atom is -0.497 e. The lowest BCUT2D eigenvalue weighted by Crippen LogP contribution is -2.49. The van der Waals surface area contributed by atoms with Crippen LogP contribution in [0.4, 0.5) is 10.8 Å².